The van der Waals surface area contributed by atoms with Gasteiger partial charge in [0.1, 0.15) is 0 Å². The molecule has 0 nitrogen and oxygen atoms in total. The van der Waals surface area contributed by atoms with E-state index in [0.29, 0.717) is 0 Å². The van der Waals surface area contributed by atoms with E-state index in [0.717, 1.165) is 0 Å². The third kappa shape index (κ3) is 70.9. The summed E-state index contributed by atoms with van der Waals surface area (Å²) in [6.07, 6.45) is 4.95. The van der Waals surface area contributed by atoms with E-state index in [-0.39, 0.29) is 0 Å². The Morgan fingerprint density at radius 2 is 0.143 bits per heavy atom. The van der Waals surface area contributed by atoms with Crippen LogP contribution in [0.2, 0.25) is 0 Å². The molecule has 0 radical (unpaired) electrons. The van der Waals surface area contributed by atoms with Crippen molar-refractivity contribution >= 4 is 22.6 Å². The lowest BCUT2D eigenvalue weighted by Crippen LogP contribution is -1.57. The fraction of sp³-hybridized carbons (Fsp3) is 0. The van der Waals surface area contributed by atoms with Crippen molar-refractivity contribution in [2.24, 2.45) is 0 Å². The minimum atomic E-state index is 1.88. The van der Waals surface area contributed by atoms with Gasteiger partial charge in [0.25, 0.3) is 0 Å². The SMILES string of the molecule is C#CC#CC#CC#CC#CC#CC#CC#CC#CC#CC#CC#CC#CC#CC#CC#CC#CC#CC#CC#CC#CC#CC#CC#CC#CC#CC#CC#CC#CC#CC#CC#CC#CC#CC#CC#CC#CC#CC#CC#CC#CC#CC#CC#CC#CI. The van der Waals surface area contributed by atoms with Gasteiger partial charge in [-0.2, -0.15) is 0 Å². The van der Waals surface area contributed by atoms with Gasteiger partial charge in [-0.15, -0.1) is 6.42 Å². The highest BCUT2D eigenvalue weighted by molar-refractivity contribution is 14.1. The van der Waals surface area contributed by atoms with Crippen LogP contribution in [0, 0.1) is 531 Å². The van der Waals surface area contributed by atoms with Crippen molar-refractivity contribution in [2.75, 3.05) is 0 Å². The van der Waals surface area contributed by atoms with Crippen molar-refractivity contribution in [3.8, 4) is 531 Å². The second kappa shape index (κ2) is 70.9. The molecule has 0 spiro atoms. The number of halogens is 1. The molecule has 0 amide bonds. The lowest BCUT2D eigenvalue weighted by atomic mass is 10.4. The Bertz CT molecular complexity index is 6330. The summed E-state index contributed by atoms with van der Waals surface area (Å²) >= 11 is 1.88. The van der Waals surface area contributed by atoms with Crippen LogP contribution in [0.3, 0.4) is 0 Å². The van der Waals surface area contributed by atoms with Gasteiger partial charge >= 0.3 is 0 Å². The van der Waals surface area contributed by atoms with Gasteiger partial charge in [0.05, 0.1) is 0 Å². The maximum absolute atomic E-state index is 4.95. The van der Waals surface area contributed by atoms with E-state index in [9.17, 15) is 0 Å². The summed E-state index contributed by atoms with van der Waals surface area (Å²) in [5.41, 5.74) is 0. The summed E-state index contributed by atoms with van der Waals surface area (Å²) in [6.45, 7) is 0. The molecule has 0 N–H and O–H groups in total. The van der Waals surface area contributed by atoms with Gasteiger partial charge in [0.15, 0.2) is 0 Å². The average Bonchev–Trinajstić information content (AvgIpc) is 3.56. The number of hydrogen-bond donors (Lipinski definition) is 0. The first kappa shape index (κ1) is 71.9. The number of terminal acetylenes is 1. The highest BCUT2D eigenvalue weighted by atomic mass is 127. The summed E-state index contributed by atoms with van der Waals surface area (Å²) in [6, 6.07) is 0. The second-order valence-electron chi connectivity index (χ2n) is 11.1. The summed E-state index contributed by atoms with van der Waals surface area (Å²) in [5, 5.41) is 0. The third-order valence-electron chi connectivity index (χ3n) is 5.49. The summed E-state index contributed by atoms with van der Waals surface area (Å²) in [5.74, 6) is 219. The molecule has 0 aliphatic heterocycles. The topological polar surface area (TPSA) is 0 Å². The summed E-state index contributed by atoms with van der Waals surface area (Å²) in [4.78, 5) is 0. The summed E-state index contributed by atoms with van der Waals surface area (Å²) < 4.78 is 2.59. The number of rotatable bonds is 0. The first-order chi connectivity index (χ1) is 45.4. The lowest BCUT2D eigenvalue weighted by molar-refractivity contribution is 2.31. The minimum absolute atomic E-state index is 1.88. The molecule has 0 aromatic carbocycles. The smallest absolute Gasteiger partial charge is 0.0192 e. The first-order valence-corrected chi connectivity index (χ1v) is 23.6. The van der Waals surface area contributed by atoms with Crippen molar-refractivity contribution in [3.05, 3.63) is 0 Å². The minimum Gasteiger partial charge on any atom is -0.106 e. The predicted molar refractivity (Wildman–Crippen MR) is 365 cm³/mol. The Balaban J connectivity index is 4.63. The molecule has 368 valence electrons. The molecule has 0 aromatic rings. The molecule has 0 aromatic heterocycles. The Morgan fingerprint density at radius 1 is 0.0879 bits per heavy atom. The summed E-state index contributed by atoms with van der Waals surface area (Å²) in [7, 11) is 0. The molecule has 0 saturated carbocycles. The Hall–Kier alpha value is -19.1. The molecule has 0 rings (SSSR count). The van der Waals surface area contributed by atoms with Gasteiger partial charge in [-0.25, -0.2) is 0 Å². The van der Waals surface area contributed by atoms with Crippen molar-refractivity contribution in [1.29, 1.82) is 0 Å². The van der Waals surface area contributed by atoms with Crippen LogP contribution in [0.15, 0.2) is 0 Å². The van der Waals surface area contributed by atoms with Crippen LogP contribution in [0.25, 0.3) is 0 Å². The lowest BCUT2D eigenvalue weighted by Gasteiger charge is -1.58. The fourth-order valence-electron chi connectivity index (χ4n) is 2.72. The standard InChI is InChI=1S/C90HI/c1-2-3-4-5-6-7-8-9-10-11-12-13-14-15-16-17-18-19-20-21-22-23-24-25-26-27-28-29-30-31-32-33-34-35-36-37-38-39-40-41-42-43-44-45-46-47-48-49-50-51-52-53-54-55-56-57-58-59-60-61-62-63-64-65-66-67-68-69-70-71-72-73-74-75-76-77-78-79-80-81-82-83-84-85-86-87-88-89-90-91/h1H. The van der Waals surface area contributed by atoms with Gasteiger partial charge in [-0.3, -0.25) is 0 Å². The van der Waals surface area contributed by atoms with E-state index in [1.54, 1.807) is 0 Å². The fourth-order valence-corrected chi connectivity index (χ4v) is 2.85. The van der Waals surface area contributed by atoms with E-state index in [1.807, 2.05) is 22.6 Å². The Morgan fingerprint density at radius 3 is 0.198 bits per heavy atom. The highest BCUT2D eigenvalue weighted by Gasteiger charge is 1.66. The first-order valence-electron chi connectivity index (χ1n) is 22.5. The van der Waals surface area contributed by atoms with Crippen LogP contribution in [0.4, 0.5) is 0 Å². The highest BCUT2D eigenvalue weighted by Crippen LogP contribution is 1.69. The van der Waals surface area contributed by atoms with Gasteiger partial charge in [-0.05, 0) is 98.7 Å². The molecule has 1 heteroatoms. The second-order valence-corrected chi connectivity index (χ2v) is 11.7. The zero-order chi connectivity index (χ0) is 64.9. The molecule has 0 unspecified atom stereocenters. The average molecular weight is 1210 g/mol. The molecule has 0 atom stereocenters. The van der Waals surface area contributed by atoms with E-state index in [4.69, 9.17) is 6.42 Å². The number of hydrogen-bond acceptors (Lipinski definition) is 0. The van der Waals surface area contributed by atoms with E-state index in [1.165, 1.54) is 0 Å². The molecule has 91 heavy (non-hydrogen) atoms. The van der Waals surface area contributed by atoms with Crippen LogP contribution in [-0.2, 0) is 0 Å². The van der Waals surface area contributed by atoms with Gasteiger partial charge in [0, 0.05) is 449 Å². The predicted octanol–water partition coefficient (Wildman–Crippen LogP) is 1.16. The molecule has 0 saturated heterocycles. The van der Waals surface area contributed by atoms with E-state index in [2.05, 4.69) is 525 Å². The Labute approximate surface area is 549 Å². The van der Waals surface area contributed by atoms with Crippen LogP contribution in [0.1, 0.15) is 0 Å². The van der Waals surface area contributed by atoms with Crippen molar-refractivity contribution in [1.82, 2.24) is 0 Å². The molecular formula is C90HI. The molecule has 0 heterocycles. The molecule has 0 aliphatic rings. The molecule has 0 aliphatic carbocycles. The molecule has 0 bridgehead atoms. The van der Waals surface area contributed by atoms with E-state index >= 15 is 0 Å². The van der Waals surface area contributed by atoms with Gasteiger partial charge < -0.3 is 0 Å². The third-order valence-corrected chi connectivity index (χ3v) is 5.76. The van der Waals surface area contributed by atoms with Crippen molar-refractivity contribution in [2.45, 2.75) is 0 Å². The van der Waals surface area contributed by atoms with Crippen LogP contribution < -0.4 is 0 Å². The van der Waals surface area contributed by atoms with Crippen molar-refractivity contribution < 1.29 is 0 Å². The molecule has 0 fully saturated rings. The molecular weight excluding hydrogens is 1210 g/mol. The quantitative estimate of drug-likeness (QED) is 0.253. The van der Waals surface area contributed by atoms with Gasteiger partial charge in [-0.1, -0.05) is 0 Å². The zero-order valence-corrected chi connectivity index (χ0v) is 47.6. The zero-order valence-electron chi connectivity index (χ0n) is 45.5. The van der Waals surface area contributed by atoms with Crippen LogP contribution in [0.5, 0.6) is 0 Å². The van der Waals surface area contributed by atoms with Crippen molar-refractivity contribution in [3.63, 3.8) is 0 Å². The monoisotopic (exact) mass is 1210 g/mol. The van der Waals surface area contributed by atoms with Gasteiger partial charge in [0.2, 0.25) is 0 Å². The largest absolute Gasteiger partial charge is 0.106 e. The van der Waals surface area contributed by atoms with Crippen LogP contribution in [-0.4, -0.2) is 0 Å². The normalized spacial score (nSPS) is 3.96. The Kier molecular flexibility index (Phi) is 56.1. The maximum atomic E-state index is 4.95. The van der Waals surface area contributed by atoms with E-state index < -0.39 is 0 Å². The maximum Gasteiger partial charge on any atom is 0.0192 e. The van der Waals surface area contributed by atoms with Crippen LogP contribution >= 0.6 is 22.6 Å².